The number of anilines is 2. The van der Waals surface area contributed by atoms with E-state index in [1.165, 1.54) is 29.6 Å². The Bertz CT molecular complexity index is 1550. The van der Waals surface area contributed by atoms with Gasteiger partial charge in [0.05, 0.1) is 16.1 Å². The lowest BCUT2D eigenvalue weighted by atomic mass is 10.1. The zero-order valence-corrected chi connectivity index (χ0v) is 20.0. The fraction of sp³-hybridized carbons (Fsp3) is 0.125. The monoisotopic (exact) mass is 496 g/mol. The third-order valence-corrected chi connectivity index (χ3v) is 7.64. The minimum absolute atomic E-state index is 0.0260. The van der Waals surface area contributed by atoms with Gasteiger partial charge >= 0.3 is 0 Å². The van der Waals surface area contributed by atoms with Gasteiger partial charge in [-0.25, -0.2) is 13.1 Å². The smallest absolute Gasteiger partial charge is 0.276 e. The molecule has 0 bridgehead atoms. The van der Waals surface area contributed by atoms with Gasteiger partial charge in [-0.1, -0.05) is 48.0 Å². The van der Waals surface area contributed by atoms with Crippen LogP contribution in [0.15, 0.2) is 82.5 Å². The summed E-state index contributed by atoms with van der Waals surface area (Å²) in [7, 11) is -2.56. The van der Waals surface area contributed by atoms with Crippen molar-refractivity contribution in [1.29, 1.82) is 0 Å². The molecule has 3 aromatic carbocycles. The van der Waals surface area contributed by atoms with Crippen molar-refractivity contribution >= 4 is 49.7 Å². The van der Waals surface area contributed by atoms with Gasteiger partial charge < -0.3 is 5.32 Å². The van der Waals surface area contributed by atoms with Crippen LogP contribution in [0.1, 0.15) is 17.4 Å². The number of nitrogens with one attached hydrogen (secondary N) is 1. The third-order valence-electron chi connectivity index (χ3n) is 5.26. The summed E-state index contributed by atoms with van der Waals surface area (Å²) in [6.07, 6.45) is 0. The van der Waals surface area contributed by atoms with Crippen LogP contribution < -0.4 is 15.2 Å². The van der Waals surface area contributed by atoms with Crippen LogP contribution in [-0.2, 0) is 17.1 Å². The van der Waals surface area contributed by atoms with E-state index in [2.05, 4.69) is 10.4 Å². The Morgan fingerprint density at radius 3 is 2.35 bits per heavy atom. The zero-order chi connectivity index (χ0) is 24.5. The van der Waals surface area contributed by atoms with E-state index in [1.54, 1.807) is 61.5 Å². The normalized spacial score (nSPS) is 11.4. The molecule has 0 saturated carbocycles. The van der Waals surface area contributed by atoms with Crippen LogP contribution in [0.3, 0.4) is 0 Å². The Morgan fingerprint density at radius 1 is 1.03 bits per heavy atom. The topological polar surface area (TPSA) is 101 Å². The van der Waals surface area contributed by atoms with E-state index in [1.807, 2.05) is 0 Å². The maximum Gasteiger partial charge on any atom is 0.276 e. The second-order valence-electron chi connectivity index (χ2n) is 7.43. The molecular formula is C24H21ClN4O4S. The van der Waals surface area contributed by atoms with E-state index in [9.17, 15) is 18.0 Å². The predicted molar refractivity (Wildman–Crippen MR) is 133 cm³/mol. The molecule has 0 unspecified atom stereocenters. The number of carbonyl (C=O) groups excluding carboxylic acids is 1. The van der Waals surface area contributed by atoms with Crippen molar-refractivity contribution in [1.82, 2.24) is 9.78 Å². The first-order valence-electron chi connectivity index (χ1n) is 10.4. The van der Waals surface area contributed by atoms with Gasteiger partial charge in [0.1, 0.15) is 4.90 Å². The predicted octanol–water partition coefficient (Wildman–Crippen LogP) is 4.05. The molecule has 0 spiro atoms. The first kappa shape index (κ1) is 23.5. The lowest BCUT2D eigenvalue weighted by Gasteiger charge is -2.23. The molecule has 0 atom stereocenters. The van der Waals surface area contributed by atoms with Crippen LogP contribution in [-0.4, -0.2) is 30.7 Å². The highest BCUT2D eigenvalue weighted by Crippen LogP contribution is 2.31. The molecular weight excluding hydrogens is 476 g/mol. The number of amides is 1. The standard InChI is InChI=1S/C24H21ClN4O4S/c1-3-29(17-9-5-4-6-10-17)34(32,33)21-15-16(13-14-20(21)25)26-23(30)22-18-11-7-8-12-19(18)24(31)28(2)27-22/h4-15H,3H2,1-2H3,(H,26,30). The number of para-hydroxylation sites is 1. The van der Waals surface area contributed by atoms with Crippen LogP contribution in [0.5, 0.6) is 0 Å². The van der Waals surface area contributed by atoms with Crippen molar-refractivity contribution in [3.8, 4) is 0 Å². The van der Waals surface area contributed by atoms with Gasteiger partial charge in [-0.3, -0.25) is 13.9 Å². The summed E-state index contributed by atoms with van der Waals surface area (Å²) in [6.45, 7) is 1.91. The fourth-order valence-corrected chi connectivity index (χ4v) is 5.62. The van der Waals surface area contributed by atoms with Crippen molar-refractivity contribution in [3.63, 3.8) is 0 Å². The highest BCUT2D eigenvalue weighted by molar-refractivity contribution is 7.93. The molecule has 1 N–H and O–H groups in total. The van der Waals surface area contributed by atoms with E-state index < -0.39 is 15.9 Å². The van der Waals surface area contributed by atoms with Crippen molar-refractivity contribution in [2.24, 2.45) is 7.05 Å². The molecule has 0 radical (unpaired) electrons. The molecule has 0 aliphatic heterocycles. The second kappa shape index (κ2) is 9.28. The second-order valence-corrected chi connectivity index (χ2v) is 9.67. The number of rotatable bonds is 6. The van der Waals surface area contributed by atoms with Gasteiger partial charge in [0.25, 0.3) is 21.5 Å². The summed E-state index contributed by atoms with van der Waals surface area (Å²) in [4.78, 5) is 25.3. The van der Waals surface area contributed by atoms with Crippen molar-refractivity contribution in [3.05, 3.63) is 93.9 Å². The Labute approximate surface area is 201 Å². The average Bonchev–Trinajstić information content (AvgIpc) is 2.83. The Hall–Kier alpha value is -3.69. The SMILES string of the molecule is CCN(c1ccccc1)S(=O)(=O)c1cc(NC(=O)c2nn(C)c(=O)c3ccccc23)ccc1Cl. The van der Waals surface area contributed by atoms with Gasteiger partial charge in [-0.2, -0.15) is 5.10 Å². The van der Waals surface area contributed by atoms with Crippen LogP contribution in [0.2, 0.25) is 5.02 Å². The van der Waals surface area contributed by atoms with Gasteiger partial charge in [0, 0.05) is 24.7 Å². The largest absolute Gasteiger partial charge is 0.321 e. The Morgan fingerprint density at radius 2 is 1.68 bits per heavy atom. The van der Waals surface area contributed by atoms with Crippen molar-refractivity contribution < 1.29 is 13.2 Å². The van der Waals surface area contributed by atoms with Crippen LogP contribution in [0, 0.1) is 0 Å². The van der Waals surface area contributed by atoms with E-state index in [-0.39, 0.29) is 33.4 Å². The first-order valence-corrected chi connectivity index (χ1v) is 12.2. The molecule has 4 rings (SSSR count). The lowest BCUT2D eigenvalue weighted by molar-refractivity contribution is 0.102. The molecule has 0 aliphatic carbocycles. The molecule has 8 nitrogen and oxygen atoms in total. The van der Waals surface area contributed by atoms with Crippen LogP contribution >= 0.6 is 11.6 Å². The Balaban J connectivity index is 1.73. The molecule has 1 aromatic heterocycles. The maximum atomic E-state index is 13.4. The number of aryl methyl sites for hydroxylation is 1. The number of aromatic nitrogens is 2. The molecule has 1 heterocycles. The Kier molecular flexibility index (Phi) is 6.41. The molecule has 0 fully saturated rings. The molecule has 0 saturated heterocycles. The lowest BCUT2D eigenvalue weighted by Crippen LogP contribution is -2.31. The van der Waals surface area contributed by atoms with E-state index in [0.717, 1.165) is 4.68 Å². The minimum atomic E-state index is -4.02. The number of nitrogens with zero attached hydrogens (tertiary/aromatic N) is 3. The number of sulfonamides is 1. The summed E-state index contributed by atoms with van der Waals surface area (Å²) >= 11 is 6.27. The quantitative estimate of drug-likeness (QED) is 0.434. The van der Waals surface area contributed by atoms with Gasteiger partial charge in [0.2, 0.25) is 0 Å². The highest BCUT2D eigenvalue weighted by atomic mass is 35.5. The third kappa shape index (κ3) is 4.27. The van der Waals surface area contributed by atoms with Gasteiger partial charge in [-0.05, 0) is 43.3 Å². The van der Waals surface area contributed by atoms with Crippen molar-refractivity contribution in [2.75, 3.05) is 16.2 Å². The summed E-state index contributed by atoms with van der Waals surface area (Å²) in [5.41, 5.74) is 0.428. The summed E-state index contributed by atoms with van der Waals surface area (Å²) in [5.74, 6) is -0.590. The maximum absolute atomic E-state index is 13.4. The van der Waals surface area contributed by atoms with Crippen LogP contribution in [0.25, 0.3) is 10.8 Å². The number of fused-ring (bicyclic) bond motifs is 1. The van der Waals surface area contributed by atoms with Crippen molar-refractivity contribution in [2.45, 2.75) is 11.8 Å². The van der Waals surface area contributed by atoms with Crippen LogP contribution in [0.4, 0.5) is 11.4 Å². The van der Waals surface area contributed by atoms with E-state index in [0.29, 0.717) is 16.5 Å². The molecule has 1 amide bonds. The number of hydrogen-bond acceptors (Lipinski definition) is 5. The number of carbonyl (C=O) groups is 1. The summed E-state index contributed by atoms with van der Waals surface area (Å²) in [5, 5.41) is 7.55. The number of benzene rings is 3. The van der Waals surface area contributed by atoms with Gasteiger partial charge in [0.15, 0.2) is 5.69 Å². The summed E-state index contributed by atoms with van der Waals surface area (Å²) in [6, 6.07) is 19.6. The number of halogens is 1. The molecule has 0 aliphatic rings. The molecule has 4 aromatic rings. The number of hydrogen-bond donors (Lipinski definition) is 1. The first-order chi connectivity index (χ1) is 16.2. The zero-order valence-electron chi connectivity index (χ0n) is 18.4. The highest BCUT2D eigenvalue weighted by Gasteiger charge is 2.27. The average molecular weight is 497 g/mol. The fourth-order valence-electron chi connectivity index (χ4n) is 3.64. The molecule has 174 valence electrons. The van der Waals surface area contributed by atoms with E-state index in [4.69, 9.17) is 11.6 Å². The van der Waals surface area contributed by atoms with Gasteiger partial charge in [-0.15, -0.1) is 0 Å². The minimum Gasteiger partial charge on any atom is -0.321 e. The molecule has 10 heteroatoms. The van der Waals surface area contributed by atoms with E-state index >= 15 is 0 Å². The molecule has 34 heavy (non-hydrogen) atoms. The summed E-state index contributed by atoms with van der Waals surface area (Å²) < 4.78 is 29.2.